The van der Waals surface area contributed by atoms with E-state index in [0.29, 0.717) is 13.0 Å². The predicted molar refractivity (Wildman–Crippen MR) is 91.2 cm³/mol. The first kappa shape index (κ1) is 17.2. The van der Waals surface area contributed by atoms with E-state index in [2.05, 4.69) is 0 Å². The van der Waals surface area contributed by atoms with E-state index < -0.39 is 0 Å². The number of benzene rings is 1. The molecule has 0 unspecified atom stereocenters. The van der Waals surface area contributed by atoms with E-state index in [1.54, 1.807) is 14.2 Å². The molecular formula is C19H27NO4. The Morgan fingerprint density at radius 2 is 2.29 bits per heavy atom. The summed E-state index contributed by atoms with van der Waals surface area (Å²) in [5.41, 5.74) is 0.942. The molecule has 5 nitrogen and oxygen atoms in total. The van der Waals surface area contributed by atoms with Crippen LogP contribution in [-0.4, -0.2) is 57.4 Å². The van der Waals surface area contributed by atoms with Crippen molar-refractivity contribution in [3.8, 4) is 5.75 Å². The van der Waals surface area contributed by atoms with E-state index in [4.69, 9.17) is 14.2 Å². The number of methoxy groups -OCH3 is 2. The standard InChI is InChI=1S/C19H27NO4/c1-22-14-19-8-4-10-24-17(19)7-9-20(13-19)18(21)12-15-5-3-6-16(11-15)23-2/h3,5-6,11,17H,4,7-10,12-14H2,1-2H3/t17-,19+/m0/s1. The van der Waals surface area contributed by atoms with Crippen LogP contribution in [0.5, 0.6) is 5.75 Å². The van der Waals surface area contributed by atoms with Crippen LogP contribution in [0.15, 0.2) is 24.3 Å². The molecule has 2 aliphatic rings. The normalized spacial score (nSPS) is 26.8. The molecule has 1 aromatic carbocycles. The van der Waals surface area contributed by atoms with Crippen LogP contribution in [0.1, 0.15) is 24.8 Å². The van der Waals surface area contributed by atoms with Gasteiger partial charge in [0.05, 0.1) is 26.2 Å². The SMILES string of the molecule is COC[C@]12CCCO[C@H]1CCN(C(=O)Cc1cccc(OC)c1)C2. The van der Waals surface area contributed by atoms with E-state index in [9.17, 15) is 4.79 Å². The van der Waals surface area contributed by atoms with Crippen LogP contribution < -0.4 is 4.74 Å². The fourth-order valence-electron chi connectivity index (χ4n) is 4.07. The smallest absolute Gasteiger partial charge is 0.227 e. The average Bonchev–Trinajstić information content (AvgIpc) is 2.61. The Morgan fingerprint density at radius 1 is 1.42 bits per heavy atom. The third-order valence-corrected chi connectivity index (χ3v) is 5.26. The number of rotatable bonds is 5. The number of amides is 1. The highest BCUT2D eigenvalue weighted by atomic mass is 16.5. The molecule has 0 aromatic heterocycles. The van der Waals surface area contributed by atoms with Crippen molar-refractivity contribution in [2.24, 2.45) is 5.41 Å². The van der Waals surface area contributed by atoms with E-state index in [1.807, 2.05) is 29.2 Å². The van der Waals surface area contributed by atoms with Gasteiger partial charge in [-0.3, -0.25) is 4.79 Å². The van der Waals surface area contributed by atoms with E-state index >= 15 is 0 Å². The summed E-state index contributed by atoms with van der Waals surface area (Å²) in [6, 6.07) is 7.72. The molecule has 1 amide bonds. The number of carbonyl (C=O) groups excluding carboxylic acids is 1. The third-order valence-electron chi connectivity index (χ3n) is 5.26. The molecular weight excluding hydrogens is 306 g/mol. The van der Waals surface area contributed by atoms with E-state index in [1.165, 1.54) is 0 Å². The fourth-order valence-corrected chi connectivity index (χ4v) is 4.07. The average molecular weight is 333 g/mol. The minimum Gasteiger partial charge on any atom is -0.497 e. The van der Waals surface area contributed by atoms with Crippen LogP contribution in [0.25, 0.3) is 0 Å². The monoisotopic (exact) mass is 333 g/mol. The van der Waals surface area contributed by atoms with Crippen molar-refractivity contribution in [2.45, 2.75) is 31.8 Å². The third kappa shape index (κ3) is 3.57. The maximum atomic E-state index is 12.8. The second-order valence-corrected chi connectivity index (χ2v) is 6.89. The van der Waals surface area contributed by atoms with Crippen LogP contribution in [0.4, 0.5) is 0 Å². The molecule has 5 heteroatoms. The molecule has 0 spiro atoms. The maximum absolute atomic E-state index is 12.8. The summed E-state index contributed by atoms with van der Waals surface area (Å²) in [5.74, 6) is 0.957. The molecule has 1 aromatic rings. The number of nitrogens with zero attached hydrogens (tertiary/aromatic N) is 1. The first-order valence-electron chi connectivity index (χ1n) is 8.68. The zero-order valence-electron chi connectivity index (χ0n) is 14.6. The summed E-state index contributed by atoms with van der Waals surface area (Å²) in [7, 11) is 3.38. The molecule has 24 heavy (non-hydrogen) atoms. The lowest BCUT2D eigenvalue weighted by molar-refractivity contribution is -0.161. The van der Waals surface area contributed by atoms with Gasteiger partial charge in [0.25, 0.3) is 0 Å². The molecule has 2 heterocycles. The summed E-state index contributed by atoms with van der Waals surface area (Å²) in [6.45, 7) is 2.97. The molecule has 0 radical (unpaired) electrons. The molecule has 0 aliphatic carbocycles. The van der Waals surface area contributed by atoms with Gasteiger partial charge in [-0.15, -0.1) is 0 Å². The van der Waals surface area contributed by atoms with Gasteiger partial charge < -0.3 is 19.1 Å². The van der Waals surface area contributed by atoms with Gasteiger partial charge >= 0.3 is 0 Å². The highest BCUT2D eigenvalue weighted by Crippen LogP contribution is 2.40. The van der Waals surface area contributed by atoms with Crippen LogP contribution in [0.3, 0.4) is 0 Å². The lowest BCUT2D eigenvalue weighted by Gasteiger charge is -2.50. The summed E-state index contributed by atoms with van der Waals surface area (Å²) in [4.78, 5) is 14.8. The highest BCUT2D eigenvalue weighted by Gasteiger charge is 2.46. The van der Waals surface area contributed by atoms with Crippen molar-refractivity contribution >= 4 is 5.91 Å². The first-order chi connectivity index (χ1) is 11.7. The van der Waals surface area contributed by atoms with Crippen LogP contribution in [-0.2, 0) is 20.7 Å². The zero-order valence-corrected chi connectivity index (χ0v) is 14.6. The summed E-state index contributed by atoms with van der Waals surface area (Å²) < 4.78 is 16.7. The second kappa shape index (κ2) is 7.53. The quantitative estimate of drug-likeness (QED) is 0.829. The molecule has 2 fully saturated rings. The van der Waals surface area contributed by atoms with Crippen LogP contribution in [0.2, 0.25) is 0 Å². The van der Waals surface area contributed by atoms with Crippen molar-refractivity contribution in [3.63, 3.8) is 0 Å². The Bertz CT molecular complexity index is 572. The van der Waals surface area contributed by atoms with Gasteiger partial charge in [-0.1, -0.05) is 12.1 Å². The minimum absolute atomic E-state index is 0.0463. The molecule has 0 bridgehead atoms. The molecule has 2 saturated heterocycles. The highest BCUT2D eigenvalue weighted by molar-refractivity contribution is 5.79. The van der Waals surface area contributed by atoms with Gasteiger partial charge in [-0.2, -0.15) is 0 Å². The molecule has 2 aliphatic heterocycles. The molecule has 2 atom stereocenters. The van der Waals surface area contributed by atoms with Crippen LogP contribution in [0, 0.1) is 5.41 Å². The summed E-state index contributed by atoms with van der Waals surface area (Å²) in [6.07, 6.45) is 3.62. The van der Waals surface area contributed by atoms with Crippen molar-refractivity contribution in [2.75, 3.05) is 40.5 Å². The number of piperidine rings is 1. The second-order valence-electron chi connectivity index (χ2n) is 6.89. The first-order valence-corrected chi connectivity index (χ1v) is 8.68. The molecule has 132 valence electrons. The minimum atomic E-state index is -0.0463. The topological polar surface area (TPSA) is 48.0 Å². The fraction of sp³-hybridized carbons (Fsp3) is 0.632. The summed E-state index contributed by atoms with van der Waals surface area (Å²) in [5, 5.41) is 0. The van der Waals surface area contributed by atoms with Crippen molar-refractivity contribution in [1.82, 2.24) is 4.90 Å². The van der Waals surface area contributed by atoms with Gasteiger partial charge in [0.15, 0.2) is 0 Å². The Labute approximate surface area is 143 Å². The number of ether oxygens (including phenoxy) is 3. The van der Waals surface area contributed by atoms with Gasteiger partial charge in [-0.25, -0.2) is 0 Å². The maximum Gasteiger partial charge on any atom is 0.227 e. The predicted octanol–water partition coefficient (Wildman–Crippen LogP) is 2.28. The van der Waals surface area contributed by atoms with Gasteiger partial charge in [0, 0.05) is 32.2 Å². The van der Waals surface area contributed by atoms with Crippen molar-refractivity contribution in [1.29, 1.82) is 0 Å². The number of fused-ring (bicyclic) bond motifs is 1. The lowest BCUT2D eigenvalue weighted by atomic mass is 9.73. The Morgan fingerprint density at radius 3 is 3.08 bits per heavy atom. The van der Waals surface area contributed by atoms with Crippen molar-refractivity contribution in [3.05, 3.63) is 29.8 Å². The lowest BCUT2D eigenvalue weighted by Crippen LogP contribution is -2.58. The van der Waals surface area contributed by atoms with Crippen LogP contribution >= 0.6 is 0 Å². The molecule has 0 saturated carbocycles. The van der Waals surface area contributed by atoms with E-state index in [0.717, 1.165) is 50.3 Å². The number of hydrogen-bond donors (Lipinski definition) is 0. The van der Waals surface area contributed by atoms with Gasteiger partial charge in [-0.05, 0) is 37.0 Å². The Hall–Kier alpha value is -1.59. The van der Waals surface area contributed by atoms with Crippen molar-refractivity contribution < 1.29 is 19.0 Å². The Kier molecular flexibility index (Phi) is 5.41. The largest absolute Gasteiger partial charge is 0.497 e. The Balaban J connectivity index is 1.68. The van der Waals surface area contributed by atoms with Gasteiger partial charge in [0.2, 0.25) is 5.91 Å². The summed E-state index contributed by atoms with van der Waals surface area (Å²) >= 11 is 0. The van der Waals surface area contributed by atoms with E-state index in [-0.39, 0.29) is 17.4 Å². The molecule has 3 rings (SSSR count). The number of likely N-dealkylation sites (tertiary alicyclic amines) is 1. The zero-order chi connectivity index (χ0) is 17.0. The molecule has 0 N–H and O–H groups in total. The number of hydrogen-bond acceptors (Lipinski definition) is 4. The number of carbonyl (C=O) groups is 1. The van der Waals surface area contributed by atoms with Gasteiger partial charge in [0.1, 0.15) is 5.75 Å².